The van der Waals surface area contributed by atoms with Crippen LogP contribution >= 0.6 is 11.3 Å². The highest BCUT2D eigenvalue weighted by atomic mass is 32.1. The lowest BCUT2D eigenvalue weighted by Crippen LogP contribution is -2.30. The smallest absolute Gasteiger partial charge is 0.141 e. The van der Waals surface area contributed by atoms with Gasteiger partial charge in [0.15, 0.2) is 0 Å². The Labute approximate surface area is 158 Å². The highest BCUT2D eigenvalue weighted by Gasteiger charge is 2.22. The van der Waals surface area contributed by atoms with Crippen LogP contribution < -0.4 is 9.64 Å². The molecule has 4 rings (SSSR count). The minimum atomic E-state index is 0.686. The first kappa shape index (κ1) is 17.3. The molecule has 0 bridgehead atoms. The van der Waals surface area contributed by atoms with Gasteiger partial charge in [-0.05, 0) is 57.7 Å². The summed E-state index contributed by atoms with van der Waals surface area (Å²) in [5, 5.41) is 1.21. The van der Waals surface area contributed by atoms with E-state index in [0.717, 1.165) is 35.3 Å². The lowest BCUT2D eigenvalue weighted by atomic mass is 10.0. The Bertz CT molecular complexity index is 911. The molecule has 0 amide bonds. The molecule has 0 aliphatic carbocycles. The average molecular weight is 368 g/mol. The Hall–Kier alpha value is -2.14. The highest BCUT2D eigenvalue weighted by molar-refractivity contribution is 7.19. The fraction of sp³-hybridized carbons (Fsp3) is 0.429. The van der Waals surface area contributed by atoms with Crippen molar-refractivity contribution in [1.82, 2.24) is 9.97 Å². The fourth-order valence-electron chi connectivity index (χ4n) is 3.76. The summed E-state index contributed by atoms with van der Waals surface area (Å²) in [5.41, 5.74) is 2.48. The maximum absolute atomic E-state index is 5.60. The number of anilines is 1. The van der Waals surface area contributed by atoms with Gasteiger partial charge in [-0.2, -0.15) is 0 Å². The Morgan fingerprint density at radius 3 is 2.46 bits per heavy atom. The van der Waals surface area contributed by atoms with Gasteiger partial charge in [0.2, 0.25) is 0 Å². The normalized spacial score (nSPS) is 14.8. The van der Waals surface area contributed by atoms with Crippen LogP contribution in [0.5, 0.6) is 5.75 Å². The summed E-state index contributed by atoms with van der Waals surface area (Å²) in [5.74, 6) is 2.88. The molecule has 0 N–H and O–H groups in total. The number of fused-ring (bicyclic) bond motifs is 1. The first-order chi connectivity index (χ1) is 12.7. The standard InChI is InChI=1S/C21H25N3OS/c1-4-25-17-10-8-16(9-11-17)18-14(2)26-21-19(18)20(22-15(3)23-21)24-12-6-5-7-13-24/h8-11H,4-7,12-13H2,1-3H3. The minimum absolute atomic E-state index is 0.686. The molecule has 5 heteroatoms. The molecule has 3 aromatic rings. The molecule has 1 fully saturated rings. The van der Waals surface area contributed by atoms with Crippen molar-refractivity contribution >= 4 is 27.4 Å². The van der Waals surface area contributed by atoms with Crippen molar-refractivity contribution in [2.24, 2.45) is 0 Å². The zero-order chi connectivity index (χ0) is 18.1. The van der Waals surface area contributed by atoms with Gasteiger partial charge in [-0.15, -0.1) is 11.3 Å². The van der Waals surface area contributed by atoms with Crippen molar-refractivity contribution in [3.63, 3.8) is 0 Å². The average Bonchev–Trinajstić information content (AvgIpc) is 2.98. The van der Waals surface area contributed by atoms with E-state index in [1.165, 1.54) is 40.7 Å². The van der Waals surface area contributed by atoms with Gasteiger partial charge in [-0.1, -0.05) is 12.1 Å². The molecule has 1 saturated heterocycles. The SMILES string of the molecule is CCOc1ccc(-c2c(C)sc3nc(C)nc(N4CCCCC4)c23)cc1. The van der Waals surface area contributed by atoms with Gasteiger partial charge in [0.1, 0.15) is 22.2 Å². The molecule has 0 radical (unpaired) electrons. The summed E-state index contributed by atoms with van der Waals surface area (Å²) in [4.78, 5) is 14.4. The van der Waals surface area contributed by atoms with Gasteiger partial charge in [0, 0.05) is 23.5 Å². The van der Waals surface area contributed by atoms with E-state index in [9.17, 15) is 0 Å². The highest BCUT2D eigenvalue weighted by Crippen LogP contribution is 2.42. The number of hydrogen-bond acceptors (Lipinski definition) is 5. The molecule has 1 aromatic carbocycles. The molecule has 136 valence electrons. The molecular weight excluding hydrogens is 342 g/mol. The van der Waals surface area contributed by atoms with Crippen LogP contribution in [0, 0.1) is 13.8 Å². The van der Waals surface area contributed by atoms with E-state index < -0.39 is 0 Å². The first-order valence-electron chi connectivity index (χ1n) is 9.43. The second-order valence-corrected chi connectivity index (χ2v) is 8.02. The predicted molar refractivity (Wildman–Crippen MR) is 110 cm³/mol. The number of nitrogens with zero attached hydrogens (tertiary/aromatic N) is 3. The molecule has 2 aromatic heterocycles. The molecule has 1 aliphatic heterocycles. The van der Waals surface area contributed by atoms with Crippen LogP contribution in [0.2, 0.25) is 0 Å². The summed E-state index contributed by atoms with van der Waals surface area (Å²) in [6.07, 6.45) is 3.80. The number of benzene rings is 1. The number of aromatic nitrogens is 2. The number of piperidine rings is 1. The molecule has 0 atom stereocenters. The minimum Gasteiger partial charge on any atom is -0.494 e. The molecule has 3 heterocycles. The number of hydrogen-bond donors (Lipinski definition) is 0. The molecule has 0 saturated carbocycles. The summed E-state index contributed by atoms with van der Waals surface area (Å²) in [7, 11) is 0. The van der Waals surface area contributed by atoms with Gasteiger partial charge >= 0.3 is 0 Å². The Kier molecular flexibility index (Phi) is 4.81. The van der Waals surface area contributed by atoms with E-state index in [2.05, 4.69) is 36.1 Å². The van der Waals surface area contributed by atoms with E-state index in [1.54, 1.807) is 11.3 Å². The maximum Gasteiger partial charge on any atom is 0.141 e. The van der Waals surface area contributed by atoms with E-state index in [4.69, 9.17) is 14.7 Å². The van der Waals surface area contributed by atoms with E-state index >= 15 is 0 Å². The third-order valence-electron chi connectivity index (χ3n) is 4.93. The van der Waals surface area contributed by atoms with Crippen molar-refractivity contribution in [1.29, 1.82) is 0 Å². The van der Waals surface area contributed by atoms with Gasteiger partial charge in [-0.25, -0.2) is 9.97 Å². The van der Waals surface area contributed by atoms with Crippen molar-refractivity contribution in [2.75, 3.05) is 24.6 Å². The fourth-order valence-corrected chi connectivity index (χ4v) is 4.85. The lowest BCUT2D eigenvalue weighted by molar-refractivity contribution is 0.340. The van der Waals surface area contributed by atoms with E-state index in [0.29, 0.717) is 6.61 Å². The topological polar surface area (TPSA) is 38.3 Å². The van der Waals surface area contributed by atoms with Gasteiger partial charge < -0.3 is 9.64 Å². The summed E-state index contributed by atoms with van der Waals surface area (Å²) >= 11 is 1.77. The van der Waals surface area contributed by atoms with Crippen LogP contribution in [0.4, 0.5) is 5.82 Å². The van der Waals surface area contributed by atoms with Crippen LogP contribution in [-0.2, 0) is 0 Å². The van der Waals surface area contributed by atoms with Crippen LogP contribution in [0.25, 0.3) is 21.3 Å². The van der Waals surface area contributed by atoms with Gasteiger partial charge in [0.05, 0.1) is 12.0 Å². The van der Waals surface area contributed by atoms with Crippen LogP contribution in [-0.4, -0.2) is 29.7 Å². The lowest BCUT2D eigenvalue weighted by Gasteiger charge is -2.28. The van der Waals surface area contributed by atoms with Crippen LogP contribution in [0.15, 0.2) is 24.3 Å². The summed E-state index contributed by atoms with van der Waals surface area (Å²) < 4.78 is 5.60. The zero-order valence-electron chi connectivity index (χ0n) is 15.7. The molecule has 26 heavy (non-hydrogen) atoms. The predicted octanol–water partition coefficient (Wildman–Crippen LogP) is 5.36. The molecular formula is C21H25N3OS. The number of ether oxygens (including phenoxy) is 1. The summed E-state index contributed by atoms with van der Waals surface area (Å²) in [6, 6.07) is 8.41. The van der Waals surface area contributed by atoms with Crippen LogP contribution in [0.3, 0.4) is 0 Å². The third-order valence-corrected chi connectivity index (χ3v) is 5.93. The number of rotatable bonds is 4. The first-order valence-corrected chi connectivity index (χ1v) is 10.2. The second kappa shape index (κ2) is 7.23. The number of thiophene rings is 1. The quantitative estimate of drug-likeness (QED) is 0.622. The van der Waals surface area contributed by atoms with Crippen molar-refractivity contribution < 1.29 is 4.74 Å². The molecule has 1 aliphatic rings. The van der Waals surface area contributed by atoms with Gasteiger partial charge in [-0.3, -0.25) is 0 Å². The van der Waals surface area contributed by atoms with Crippen molar-refractivity contribution in [3.05, 3.63) is 35.0 Å². The Balaban J connectivity index is 1.87. The monoisotopic (exact) mass is 367 g/mol. The van der Waals surface area contributed by atoms with Crippen LogP contribution in [0.1, 0.15) is 36.9 Å². The Morgan fingerprint density at radius 2 is 1.77 bits per heavy atom. The Morgan fingerprint density at radius 1 is 1.04 bits per heavy atom. The maximum atomic E-state index is 5.60. The largest absolute Gasteiger partial charge is 0.494 e. The second-order valence-electron chi connectivity index (χ2n) is 6.81. The molecule has 0 spiro atoms. The zero-order valence-corrected chi connectivity index (χ0v) is 16.5. The number of aryl methyl sites for hydroxylation is 2. The third kappa shape index (κ3) is 3.16. The van der Waals surface area contributed by atoms with Crippen molar-refractivity contribution in [3.8, 4) is 16.9 Å². The van der Waals surface area contributed by atoms with E-state index in [1.807, 2.05) is 13.8 Å². The van der Waals surface area contributed by atoms with E-state index in [-0.39, 0.29) is 0 Å². The summed E-state index contributed by atoms with van der Waals surface area (Å²) in [6.45, 7) is 9.05. The molecule has 4 nitrogen and oxygen atoms in total. The van der Waals surface area contributed by atoms with Crippen molar-refractivity contribution in [2.45, 2.75) is 40.0 Å². The van der Waals surface area contributed by atoms with Gasteiger partial charge in [0.25, 0.3) is 0 Å². The molecule has 0 unspecified atom stereocenters.